The molecule has 7 heteroatoms. The minimum atomic E-state index is -0.415. The number of aromatic nitrogens is 1. The van der Waals surface area contributed by atoms with Gasteiger partial charge in [0.1, 0.15) is 5.75 Å². The molecule has 0 saturated carbocycles. The number of hydrogen-bond donors (Lipinski definition) is 1. The first-order chi connectivity index (χ1) is 13.5. The van der Waals surface area contributed by atoms with E-state index in [0.717, 1.165) is 5.69 Å². The maximum absolute atomic E-state index is 12.9. The number of carbonyl (C=O) groups excluding carboxylic acids is 1. The summed E-state index contributed by atoms with van der Waals surface area (Å²) in [7, 11) is 1.61. The monoisotopic (exact) mass is 380 g/mol. The van der Waals surface area contributed by atoms with Gasteiger partial charge in [-0.25, -0.2) is 0 Å². The fourth-order valence-corrected chi connectivity index (χ4v) is 3.55. The molecule has 0 aliphatic carbocycles. The van der Waals surface area contributed by atoms with Crippen LogP contribution in [-0.2, 0) is 18.3 Å². The average molecular weight is 380 g/mol. The van der Waals surface area contributed by atoms with E-state index in [1.807, 2.05) is 37.3 Å². The number of nitrogens with zero attached hydrogens (tertiary/aromatic N) is 2. The van der Waals surface area contributed by atoms with Crippen LogP contribution in [0.4, 0.5) is 5.69 Å². The van der Waals surface area contributed by atoms with Crippen LogP contribution in [0.25, 0.3) is 10.9 Å². The molecule has 1 aliphatic rings. The van der Waals surface area contributed by atoms with Gasteiger partial charge in [-0.3, -0.25) is 9.59 Å². The van der Waals surface area contributed by atoms with Gasteiger partial charge in [0.2, 0.25) is 12.7 Å². The molecule has 0 radical (unpaired) electrons. The predicted octanol–water partition coefficient (Wildman–Crippen LogP) is 2.57. The third kappa shape index (κ3) is 2.76. The topological polar surface area (TPSA) is 81.0 Å². The van der Waals surface area contributed by atoms with Gasteiger partial charge < -0.3 is 24.0 Å². The largest absolute Gasteiger partial charge is 0.507 e. The fourth-order valence-electron chi connectivity index (χ4n) is 3.55. The second-order valence-electron chi connectivity index (χ2n) is 6.54. The van der Waals surface area contributed by atoms with Gasteiger partial charge in [-0.1, -0.05) is 18.2 Å². The summed E-state index contributed by atoms with van der Waals surface area (Å²) in [5.41, 5.74) is 0.877. The van der Waals surface area contributed by atoms with E-state index in [2.05, 4.69) is 0 Å². The lowest BCUT2D eigenvalue weighted by atomic mass is 10.1. The van der Waals surface area contributed by atoms with Crippen LogP contribution in [0.1, 0.15) is 12.5 Å². The number of hydrogen-bond acceptors (Lipinski definition) is 5. The number of rotatable bonds is 4. The molecule has 144 valence electrons. The van der Waals surface area contributed by atoms with Crippen molar-refractivity contribution in [3.8, 4) is 17.2 Å². The molecule has 1 N–H and O–H groups in total. The second kappa shape index (κ2) is 6.92. The number of aryl methyl sites for hydroxylation is 1. The summed E-state index contributed by atoms with van der Waals surface area (Å²) >= 11 is 0. The van der Waals surface area contributed by atoms with Gasteiger partial charge in [0.15, 0.2) is 11.5 Å². The minimum absolute atomic E-state index is 0.0401. The Morgan fingerprint density at radius 1 is 1.18 bits per heavy atom. The zero-order chi connectivity index (χ0) is 19.8. The van der Waals surface area contributed by atoms with Crippen LogP contribution < -0.4 is 19.9 Å². The molecular formula is C21H20N2O5. The Hall–Kier alpha value is -3.48. The Balaban J connectivity index is 1.81. The van der Waals surface area contributed by atoms with Crippen molar-refractivity contribution in [3.63, 3.8) is 0 Å². The van der Waals surface area contributed by atoms with Crippen molar-refractivity contribution in [2.75, 3.05) is 18.2 Å². The van der Waals surface area contributed by atoms with E-state index in [9.17, 15) is 14.7 Å². The summed E-state index contributed by atoms with van der Waals surface area (Å²) in [6.07, 6.45) is -0.221. The zero-order valence-electron chi connectivity index (χ0n) is 15.6. The van der Waals surface area contributed by atoms with Gasteiger partial charge >= 0.3 is 0 Å². The highest BCUT2D eigenvalue weighted by atomic mass is 16.7. The van der Waals surface area contributed by atoms with Crippen LogP contribution in [0, 0.1) is 0 Å². The van der Waals surface area contributed by atoms with Crippen molar-refractivity contribution in [1.29, 1.82) is 0 Å². The van der Waals surface area contributed by atoms with Crippen LogP contribution in [-0.4, -0.2) is 28.9 Å². The Morgan fingerprint density at radius 2 is 1.93 bits per heavy atom. The smallest absolute Gasteiger partial charge is 0.258 e. The van der Waals surface area contributed by atoms with Crippen molar-refractivity contribution in [2.45, 2.75) is 13.3 Å². The van der Waals surface area contributed by atoms with Crippen LogP contribution in [0.5, 0.6) is 17.2 Å². The van der Waals surface area contributed by atoms with Gasteiger partial charge in [-0.2, -0.15) is 0 Å². The van der Waals surface area contributed by atoms with E-state index in [1.165, 1.54) is 4.57 Å². The van der Waals surface area contributed by atoms with Crippen LogP contribution in [0.2, 0.25) is 0 Å². The summed E-state index contributed by atoms with van der Waals surface area (Å²) in [5, 5.41) is 11.3. The number of carbonyl (C=O) groups is 1. The Kier molecular flexibility index (Phi) is 4.43. The Bertz CT molecular complexity index is 1120. The zero-order valence-corrected chi connectivity index (χ0v) is 15.6. The molecule has 3 aromatic rings. The second-order valence-corrected chi connectivity index (χ2v) is 6.54. The quantitative estimate of drug-likeness (QED) is 0.752. The number of para-hydroxylation sites is 1. The summed E-state index contributed by atoms with van der Waals surface area (Å²) in [6, 6.07) is 12.6. The van der Waals surface area contributed by atoms with Crippen LogP contribution in [0.15, 0.2) is 47.3 Å². The molecule has 0 fully saturated rings. The molecule has 2 aromatic carbocycles. The van der Waals surface area contributed by atoms with E-state index in [-0.39, 0.29) is 30.4 Å². The van der Waals surface area contributed by atoms with Gasteiger partial charge in [0.05, 0.1) is 22.9 Å². The average Bonchev–Trinajstić information content (AvgIpc) is 3.19. The number of ether oxygens (including phenoxy) is 2. The molecule has 1 aliphatic heterocycles. The number of pyridine rings is 1. The lowest BCUT2D eigenvalue weighted by Crippen LogP contribution is -2.34. The molecular weight excluding hydrogens is 360 g/mol. The number of anilines is 1. The standard InChI is InChI=1S/C21H20N2O5/c1-3-23(13-7-5-4-6-8-13)17(24)11-14-19(25)18-15(22(2)21(14)26)9-10-16-20(18)28-12-27-16/h4-10,25H,3,11-12H2,1-2H3. The van der Waals surface area contributed by atoms with Crippen LogP contribution in [0.3, 0.4) is 0 Å². The van der Waals surface area contributed by atoms with Crippen LogP contribution >= 0.6 is 0 Å². The molecule has 0 atom stereocenters. The van der Waals surface area contributed by atoms with E-state index < -0.39 is 5.56 Å². The molecule has 28 heavy (non-hydrogen) atoms. The SMILES string of the molecule is CCN(C(=O)Cc1c(O)c2c3c(ccc2n(C)c1=O)OCO3)c1ccccc1. The lowest BCUT2D eigenvalue weighted by molar-refractivity contribution is -0.118. The Morgan fingerprint density at radius 3 is 2.64 bits per heavy atom. The minimum Gasteiger partial charge on any atom is -0.507 e. The van der Waals surface area contributed by atoms with Crippen molar-refractivity contribution in [3.05, 3.63) is 58.4 Å². The fraction of sp³-hybridized carbons (Fsp3) is 0.238. The Labute approximate surface area is 161 Å². The van der Waals surface area contributed by atoms with E-state index >= 15 is 0 Å². The number of fused-ring (bicyclic) bond motifs is 3. The molecule has 0 saturated heterocycles. The number of amides is 1. The summed E-state index contributed by atoms with van der Waals surface area (Å²) in [5.74, 6) is 0.371. The number of aromatic hydroxyl groups is 1. The third-order valence-electron chi connectivity index (χ3n) is 4.98. The van der Waals surface area contributed by atoms with Gasteiger partial charge in [0.25, 0.3) is 5.56 Å². The van der Waals surface area contributed by atoms with Crippen molar-refractivity contribution >= 4 is 22.5 Å². The first-order valence-electron chi connectivity index (χ1n) is 9.01. The summed E-state index contributed by atoms with van der Waals surface area (Å²) in [4.78, 5) is 27.4. The molecule has 1 amide bonds. The maximum Gasteiger partial charge on any atom is 0.258 e. The highest BCUT2D eigenvalue weighted by Gasteiger charge is 2.26. The molecule has 2 heterocycles. The summed E-state index contributed by atoms with van der Waals surface area (Å²) in [6.45, 7) is 2.35. The predicted molar refractivity (Wildman–Crippen MR) is 105 cm³/mol. The van der Waals surface area contributed by atoms with Gasteiger partial charge in [0, 0.05) is 19.3 Å². The normalized spacial score (nSPS) is 12.4. The van der Waals surface area contributed by atoms with E-state index in [0.29, 0.717) is 28.9 Å². The van der Waals surface area contributed by atoms with Gasteiger partial charge in [-0.15, -0.1) is 0 Å². The van der Waals surface area contributed by atoms with E-state index in [4.69, 9.17) is 9.47 Å². The van der Waals surface area contributed by atoms with Crippen molar-refractivity contribution < 1.29 is 19.4 Å². The van der Waals surface area contributed by atoms with Crippen molar-refractivity contribution in [1.82, 2.24) is 4.57 Å². The highest BCUT2D eigenvalue weighted by Crippen LogP contribution is 2.43. The number of likely N-dealkylation sites (N-methyl/N-ethyl adjacent to an activating group) is 1. The summed E-state index contributed by atoms with van der Waals surface area (Å²) < 4.78 is 12.3. The lowest BCUT2D eigenvalue weighted by Gasteiger charge is -2.21. The highest BCUT2D eigenvalue weighted by molar-refractivity contribution is 5.98. The van der Waals surface area contributed by atoms with Crippen molar-refractivity contribution in [2.24, 2.45) is 7.05 Å². The first-order valence-corrected chi connectivity index (χ1v) is 9.01. The number of benzene rings is 2. The molecule has 0 unspecified atom stereocenters. The molecule has 0 bridgehead atoms. The molecule has 7 nitrogen and oxygen atoms in total. The molecule has 4 rings (SSSR count). The van der Waals surface area contributed by atoms with Gasteiger partial charge in [-0.05, 0) is 31.2 Å². The van der Waals surface area contributed by atoms with E-state index in [1.54, 1.807) is 24.1 Å². The first kappa shape index (κ1) is 17.9. The molecule has 1 aromatic heterocycles. The third-order valence-corrected chi connectivity index (χ3v) is 4.98. The maximum atomic E-state index is 12.9. The molecule has 0 spiro atoms.